The van der Waals surface area contributed by atoms with E-state index in [2.05, 4.69) is 27.7 Å². The van der Waals surface area contributed by atoms with E-state index in [1.807, 2.05) is 6.08 Å². The van der Waals surface area contributed by atoms with Gasteiger partial charge in [0.1, 0.15) is 0 Å². The molecule has 2 aliphatic rings. The Hall–Kier alpha value is -0.340. The molecule has 1 aliphatic carbocycles. The van der Waals surface area contributed by atoms with Gasteiger partial charge in [-0.2, -0.15) is 0 Å². The molecule has 3 atom stereocenters. The van der Waals surface area contributed by atoms with Crippen molar-refractivity contribution in [3.63, 3.8) is 0 Å². The van der Waals surface area contributed by atoms with Gasteiger partial charge in [0, 0.05) is 0 Å². The molecular weight excluding hydrogens is 212 g/mol. The highest BCUT2D eigenvalue weighted by Gasteiger charge is 2.51. The van der Waals surface area contributed by atoms with E-state index in [0.717, 1.165) is 32.1 Å². The third-order valence-electron chi connectivity index (χ3n) is 4.57. The predicted octanol–water partition coefficient (Wildman–Crippen LogP) is 3.44. The molecule has 0 unspecified atom stereocenters. The Balaban J connectivity index is 2.09. The number of aliphatic hydroxyl groups is 1. The van der Waals surface area contributed by atoms with Gasteiger partial charge in [-0.05, 0) is 51.4 Å². The Bertz CT molecular complexity index is 319. The van der Waals surface area contributed by atoms with Crippen LogP contribution in [0, 0.1) is 5.41 Å². The molecule has 0 aromatic heterocycles. The summed E-state index contributed by atoms with van der Waals surface area (Å²) in [7, 11) is 0. The lowest BCUT2D eigenvalue weighted by Crippen LogP contribution is -2.28. The second kappa shape index (κ2) is 4.40. The van der Waals surface area contributed by atoms with Crippen molar-refractivity contribution < 1.29 is 9.84 Å². The van der Waals surface area contributed by atoms with E-state index in [9.17, 15) is 5.11 Å². The highest BCUT2D eigenvalue weighted by Crippen LogP contribution is 2.45. The number of hydrogen-bond acceptors (Lipinski definition) is 2. The van der Waals surface area contributed by atoms with Gasteiger partial charge in [-0.25, -0.2) is 0 Å². The molecule has 2 rings (SSSR count). The maximum atomic E-state index is 10.3. The fourth-order valence-electron chi connectivity index (χ4n) is 2.86. The molecule has 2 nitrogen and oxygen atoms in total. The lowest BCUT2D eigenvalue weighted by atomic mass is 9.80. The average Bonchev–Trinajstić information content (AvgIpc) is 2.85. The molecule has 0 saturated carbocycles. The van der Waals surface area contributed by atoms with Gasteiger partial charge in [0.25, 0.3) is 0 Å². The summed E-state index contributed by atoms with van der Waals surface area (Å²) in [5.74, 6) is 0. The molecule has 2 heteroatoms. The van der Waals surface area contributed by atoms with Crippen LogP contribution in [0.15, 0.2) is 11.6 Å². The predicted molar refractivity (Wildman–Crippen MR) is 69.9 cm³/mol. The van der Waals surface area contributed by atoms with Crippen molar-refractivity contribution in [2.45, 2.75) is 77.6 Å². The molecule has 1 aliphatic heterocycles. The Labute approximate surface area is 105 Å². The Morgan fingerprint density at radius 1 is 1.29 bits per heavy atom. The van der Waals surface area contributed by atoms with Crippen LogP contribution >= 0.6 is 0 Å². The molecule has 0 radical (unpaired) electrons. The fourth-order valence-corrected chi connectivity index (χ4v) is 2.86. The van der Waals surface area contributed by atoms with Gasteiger partial charge in [-0.15, -0.1) is 0 Å². The van der Waals surface area contributed by atoms with E-state index in [-0.39, 0.29) is 17.1 Å². The first-order valence-electron chi connectivity index (χ1n) is 6.87. The van der Waals surface area contributed by atoms with Crippen LogP contribution in [0.25, 0.3) is 0 Å². The molecule has 0 aromatic rings. The minimum Gasteiger partial charge on any atom is -0.388 e. The lowest BCUT2D eigenvalue weighted by molar-refractivity contribution is 0.0787. The van der Waals surface area contributed by atoms with Crippen LogP contribution in [0.5, 0.6) is 0 Å². The summed E-state index contributed by atoms with van der Waals surface area (Å²) in [5, 5.41) is 10.3. The smallest absolute Gasteiger partial charge is 0.0920 e. The summed E-state index contributed by atoms with van der Waals surface area (Å²) in [6.07, 6.45) is 7.67. The number of aliphatic hydroxyl groups excluding tert-OH is 1. The summed E-state index contributed by atoms with van der Waals surface area (Å²) >= 11 is 0. The number of allylic oxidation sites excluding steroid dienone is 1. The molecule has 0 aromatic carbocycles. The SMILES string of the molecule is C/C1=C/[C@H](O)C(C)(C)CCC[C@@]2(C)O[C@H]2CC1. The first kappa shape index (κ1) is 13.1. The molecule has 0 spiro atoms. The van der Waals surface area contributed by atoms with Crippen molar-refractivity contribution in [3.05, 3.63) is 11.6 Å². The third kappa shape index (κ3) is 2.92. The second-order valence-corrected chi connectivity index (χ2v) is 6.76. The fraction of sp³-hybridized carbons (Fsp3) is 0.867. The monoisotopic (exact) mass is 238 g/mol. The lowest BCUT2D eigenvalue weighted by Gasteiger charge is -2.29. The van der Waals surface area contributed by atoms with Crippen LogP contribution < -0.4 is 0 Å². The van der Waals surface area contributed by atoms with Crippen molar-refractivity contribution in [1.29, 1.82) is 0 Å². The Morgan fingerprint density at radius 3 is 2.71 bits per heavy atom. The molecule has 0 amide bonds. The molecule has 1 heterocycles. The van der Waals surface area contributed by atoms with E-state index in [1.165, 1.54) is 5.57 Å². The van der Waals surface area contributed by atoms with Gasteiger partial charge in [0.2, 0.25) is 0 Å². The maximum Gasteiger partial charge on any atom is 0.0920 e. The summed E-state index contributed by atoms with van der Waals surface area (Å²) in [5.41, 5.74) is 1.41. The highest BCUT2D eigenvalue weighted by atomic mass is 16.6. The minimum absolute atomic E-state index is 0.0215. The standard InChI is InChI=1S/C15H26O2/c1-11-6-7-13-15(4,17-13)9-5-8-14(2,3)12(16)10-11/h10,12-13,16H,5-9H2,1-4H3/b11-10-/t12-,13-,15+/m0/s1. The van der Waals surface area contributed by atoms with Crippen LogP contribution in [0.1, 0.15) is 59.8 Å². The molecule has 1 fully saturated rings. The quantitative estimate of drug-likeness (QED) is 0.518. The average molecular weight is 238 g/mol. The van der Waals surface area contributed by atoms with Crippen LogP contribution in [0.2, 0.25) is 0 Å². The van der Waals surface area contributed by atoms with Crippen molar-refractivity contribution >= 4 is 0 Å². The van der Waals surface area contributed by atoms with Gasteiger partial charge < -0.3 is 9.84 Å². The number of hydrogen-bond donors (Lipinski definition) is 1. The molecular formula is C15H26O2. The van der Waals surface area contributed by atoms with Crippen molar-refractivity contribution in [2.24, 2.45) is 5.41 Å². The van der Waals surface area contributed by atoms with E-state index >= 15 is 0 Å². The topological polar surface area (TPSA) is 32.8 Å². The Morgan fingerprint density at radius 2 is 2.00 bits per heavy atom. The third-order valence-corrected chi connectivity index (χ3v) is 4.57. The number of rotatable bonds is 0. The van der Waals surface area contributed by atoms with Crippen LogP contribution in [0.3, 0.4) is 0 Å². The zero-order valence-electron chi connectivity index (χ0n) is 11.6. The number of ether oxygens (including phenoxy) is 1. The van der Waals surface area contributed by atoms with Crippen LogP contribution in [-0.4, -0.2) is 22.9 Å². The summed E-state index contributed by atoms with van der Waals surface area (Å²) in [6, 6.07) is 0. The van der Waals surface area contributed by atoms with Crippen LogP contribution in [0.4, 0.5) is 0 Å². The van der Waals surface area contributed by atoms with Gasteiger partial charge in [0.15, 0.2) is 0 Å². The molecule has 98 valence electrons. The number of epoxide rings is 1. The van der Waals surface area contributed by atoms with Gasteiger partial charge in [0.05, 0.1) is 17.8 Å². The zero-order chi connectivity index (χ0) is 12.7. The molecule has 0 bridgehead atoms. The molecule has 1 N–H and O–H groups in total. The van der Waals surface area contributed by atoms with E-state index in [0.29, 0.717) is 6.10 Å². The first-order valence-corrected chi connectivity index (χ1v) is 6.87. The molecule has 1 saturated heterocycles. The largest absolute Gasteiger partial charge is 0.388 e. The summed E-state index contributed by atoms with van der Waals surface area (Å²) in [6.45, 7) is 8.68. The van der Waals surface area contributed by atoms with Gasteiger partial charge in [-0.3, -0.25) is 0 Å². The normalized spacial score (nSPS) is 45.1. The number of fused-ring (bicyclic) bond motifs is 1. The van der Waals surface area contributed by atoms with Gasteiger partial charge >= 0.3 is 0 Å². The molecule has 17 heavy (non-hydrogen) atoms. The summed E-state index contributed by atoms with van der Waals surface area (Å²) in [4.78, 5) is 0. The maximum absolute atomic E-state index is 10.3. The Kier molecular flexibility index (Phi) is 3.39. The van der Waals surface area contributed by atoms with Crippen molar-refractivity contribution in [2.75, 3.05) is 0 Å². The second-order valence-electron chi connectivity index (χ2n) is 6.76. The van der Waals surface area contributed by atoms with Crippen molar-refractivity contribution in [3.8, 4) is 0 Å². The highest BCUT2D eigenvalue weighted by molar-refractivity contribution is 5.09. The van der Waals surface area contributed by atoms with E-state index in [1.54, 1.807) is 0 Å². The van der Waals surface area contributed by atoms with Gasteiger partial charge in [-0.1, -0.05) is 25.5 Å². The summed E-state index contributed by atoms with van der Waals surface area (Å²) < 4.78 is 5.83. The van der Waals surface area contributed by atoms with E-state index in [4.69, 9.17) is 4.74 Å². The zero-order valence-corrected chi connectivity index (χ0v) is 11.6. The van der Waals surface area contributed by atoms with Crippen LogP contribution in [-0.2, 0) is 4.74 Å². The van der Waals surface area contributed by atoms with E-state index < -0.39 is 0 Å². The minimum atomic E-state index is -0.314. The first-order chi connectivity index (χ1) is 7.83. The van der Waals surface area contributed by atoms with Crippen molar-refractivity contribution in [1.82, 2.24) is 0 Å².